The molecule has 0 radical (unpaired) electrons. The van der Waals surface area contributed by atoms with E-state index in [2.05, 4.69) is 39.3 Å². The van der Waals surface area contributed by atoms with Gasteiger partial charge in [-0.3, -0.25) is 4.98 Å². The molecule has 23 heavy (non-hydrogen) atoms. The van der Waals surface area contributed by atoms with Crippen LogP contribution in [0, 0.1) is 5.92 Å². The Morgan fingerprint density at radius 2 is 1.83 bits per heavy atom. The Labute approximate surface area is 139 Å². The van der Waals surface area contributed by atoms with Gasteiger partial charge >= 0.3 is 6.03 Å². The van der Waals surface area contributed by atoms with Crippen LogP contribution in [-0.2, 0) is 6.54 Å². The molecule has 1 saturated heterocycles. The van der Waals surface area contributed by atoms with Crippen LogP contribution >= 0.6 is 0 Å². The van der Waals surface area contributed by atoms with Gasteiger partial charge in [-0.15, -0.1) is 0 Å². The largest absolute Gasteiger partial charge is 0.338 e. The van der Waals surface area contributed by atoms with Crippen molar-refractivity contribution in [1.82, 2.24) is 25.4 Å². The van der Waals surface area contributed by atoms with Crippen LogP contribution in [-0.4, -0.2) is 66.6 Å². The molecular formula is C17H29N5O. The van der Waals surface area contributed by atoms with E-state index in [-0.39, 0.29) is 6.03 Å². The number of likely N-dealkylation sites (N-methyl/N-ethyl adjacent to an activating group) is 1. The molecule has 0 saturated carbocycles. The average Bonchev–Trinajstić information content (AvgIpc) is 2.60. The standard InChI is InChI=1S/C17H29N5O/c1-3-21-8-10-22(11-9-21)14-15(2)12-19-17(23)20-13-16-4-6-18-7-5-16/h4-7,15H,3,8-14H2,1-2H3,(H2,19,20,23). The van der Waals surface area contributed by atoms with Crippen LogP contribution < -0.4 is 10.6 Å². The summed E-state index contributed by atoms with van der Waals surface area (Å²) in [5.74, 6) is 0.454. The van der Waals surface area contributed by atoms with Crippen molar-refractivity contribution in [3.63, 3.8) is 0 Å². The second-order valence-electron chi connectivity index (χ2n) is 6.26. The maximum Gasteiger partial charge on any atom is 0.315 e. The minimum absolute atomic E-state index is 0.107. The molecule has 0 aliphatic carbocycles. The Morgan fingerprint density at radius 1 is 1.17 bits per heavy atom. The Kier molecular flexibility index (Phi) is 7.29. The zero-order chi connectivity index (χ0) is 16.5. The van der Waals surface area contributed by atoms with Gasteiger partial charge in [0.1, 0.15) is 0 Å². The highest BCUT2D eigenvalue weighted by Crippen LogP contribution is 2.05. The van der Waals surface area contributed by atoms with E-state index in [0.29, 0.717) is 19.0 Å². The van der Waals surface area contributed by atoms with Crippen LogP contribution in [0.15, 0.2) is 24.5 Å². The first kappa shape index (κ1) is 17.7. The monoisotopic (exact) mass is 319 g/mol. The molecule has 0 aromatic carbocycles. The predicted octanol–water partition coefficient (Wildman–Crippen LogP) is 1.15. The third-order valence-electron chi connectivity index (χ3n) is 4.30. The summed E-state index contributed by atoms with van der Waals surface area (Å²) < 4.78 is 0. The highest BCUT2D eigenvalue weighted by atomic mass is 16.2. The molecule has 128 valence electrons. The fourth-order valence-electron chi connectivity index (χ4n) is 2.81. The minimum atomic E-state index is -0.107. The van der Waals surface area contributed by atoms with Crippen molar-refractivity contribution in [3.05, 3.63) is 30.1 Å². The second-order valence-corrected chi connectivity index (χ2v) is 6.26. The first-order valence-electron chi connectivity index (χ1n) is 8.52. The van der Waals surface area contributed by atoms with Gasteiger partial charge in [0.25, 0.3) is 0 Å². The molecule has 2 heterocycles. The van der Waals surface area contributed by atoms with Crippen LogP contribution in [0.1, 0.15) is 19.4 Å². The van der Waals surface area contributed by atoms with Gasteiger partial charge in [-0.2, -0.15) is 0 Å². The van der Waals surface area contributed by atoms with Crippen molar-refractivity contribution in [2.75, 3.05) is 45.8 Å². The molecule has 0 spiro atoms. The lowest BCUT2D eigenvalue weighted by atomic mass is 10.1. The zero-order valence-electron chi connectivity index (χ0n) is 14.3. The van der Waals surface area contributed by atoms with Gasteiger partial charge in [-0.05, 0) is 30.2 Å². The number of aromatic nitrogens is 1. The third-order valence-corrected chi connectivity index (χ3v) is 4.30. The van der Waals surface area contributed by atoms with Crippen LogP contribution in [0.5, 0.6) is 0 Å². The summed E-state index contributed by atoms with van der Waals surface area (Å²) in [5, 5.41) is 5.83. The molecule has 1 aromatic heterocycles. The lowest BCUT2D eigenvalue weighted by Crippen LogP contribution is -2.48. The Bertz CT molecular complexity index is 459. The first-order valence-corrected chi connectivity index (χ1v) is 8.52. The predicted molar refractivity (Wildman–Crippen MR) is 92.2 cm³/mol. The summed E-state index contributed by atoms with van der Waals surface area (Å²) in [7, 11) is 0. The summed E-state index contributed by atoms with van der Waals surface area (Å²) >= 11 is 0. The number of piperazine rings is 1. The number of hydrogen-bond acceptors (Lipinski definition) is 4. The van der Waals surface area contributed by atoms with Gasteiger partial charge in [0.05, 0.1) is 0 Å². The van der Waals surface area contributed by atoms with Crippen molar-refractivity contribution in [3.8, 4) is 0 Å². The number of carbonyl (C=O) groups is 1. The molecule has 1 aliphatic rings. The van der Waals surface area contributed by atoms with Crippen molar-refractivity contribution >= 4 is 6.03 Å². The van der Waals surface area contributed by atoms with E-state index in [4.69, 9.17) is 0 Å². The SMILES string of the molecule is CCN1CCN(CC(C)CNC(=O)NCc2ccncc2)CC1. The van der Waals surface area contributed by atoms with Gasteiger partial charge in [0.2, 0.25) is 0 Å². The summed E-state index contributed by atoms with van der Waals surface area (Å²) in [6.07, 6.45) is 3.46. The maximum atomic E-state index is 11.8. The van der Waals surface area contributed by atoms with Gasteiger partial charge in [0, 0.05) is 58.2 Å². The quantitative estimate of drug-likeness (QED) is 0.792. The van der Waals surface area contributed by atoms with E-state index in [0.717, 1.165) is 44.8 Å². The number of carbonyl (C=O) groups excluding carboxylic acids is 1. The summed E-state index contributed by atoms with van der Waals surface area (Å²) in [5.41, 5.74) is 1.05. The summed E-state index contributed by atoms with van der Waals surface area (Å²) in [6.45, 7) is 12.4. The number of pyridine rings is 1. The molecule has 2 rings (SSSR count). The molecule has 1 unspecified atom stereocenters. The van der Waals surface area contributed by atoms with Gasteiger partial charge in [-0.1, -0.05) is 13.8 Å². The van der Waals surface area contributed by atoms with E-state index in [1.165, 1.54) is 0 Å². The minimum Gasteiger partial charge on any atom is -0.338 e. The van der Waals surface area contributed by atoms with Crippen LogP contribution in [0.3, 0.4) is 0 Å². The van der Waals surface area contributed by atoms with Crippen LogP contribution in [0.4, 0.5) is 4.79 Å². The molecule has 1 atom stereocenters. The van der Waals surface area contributed by atoms with Crippen molar-refractivity contribution in [1.29, 1.82) is 0 Å². The number of nitrogens with zero attached hydrogens (tertiary/aromatic N) is 3. The Morgan fingerprint density at radius 3 is 2.48 bits per heavy atom. The van der Waals surface area contributed by atoms with E-state index >= 15 is 0 Å². The van der Waals surface area contributed by atoms with Crippen LogP contribution in [0.25, 0.3) is 0 Å². The van der Waals surface area contributed by atoms with Gasteiger partial charge < -0.3 is 20.4 Å². The third kappa shape index (κ3) is 6.54. The smallest absolute Gasteiger partial charge is 0.315 e. The van der Waals surface area contributed by atoms with E-state index in [9.17, 15) is 4.79 Å². The van der Waals surface area contributed by atoms with E-state index in [1.807, 2.05) is 12.1 Å². The second kappa shape index (κ2) is 9.47. The number of hydrogen-bond donors (Lipinski definition) is 2. The number of nitrogens with one attached hydrogen (secondary N) is 2. The average molecular weight is 319 g/mol. The fourth-order valence-corrected chi connectivity index (χ4v) is 2.81. The number of rotatable bonds is 7. The number of urea groups is 1. The van der Waals surface area contributed by atoms with Crippen molar-refractivity contribution < 1.29 is 4.79 Å². The highest BCUT2D eigenvalue weighted by Gasteiger charge is 2.17. The summed E-state index contributed by atoms with van der Waals surface area (Å²) in [6, 6.07) is 3.70. The van der Waals surface area contributed by atoms with E-state index in [1.54, 1.807) is 12.4 Å². The molecule has 0 bridgehead atoms. The molecule has 6 nitrogen and oxygen atoms in total. The fraction of sp³-hybridized carbons (Fsp3) is 0.647. The summed E-state index contributed by atoms with van der Waals surface area (Å²) in [4.78, 5) is 20.8. The van der Waals surface area contributed by atoms with Crippen molar-refractivity contribution in [2.45, 2.75) is 20.4 Å². The molecule has 2 amide bonds. The first-order chi connectivity index (χ1) is 11.2. The molecule has 2 N–H and O–H groups in total. The topological polar surface area (TPSA) is 60.5 Å². The molecule has 1 aromatic rings. The molecule has 1 aliphatic heterocycles. The van der Waals surface area contributed by atoms with E-state index < -0.39 is 0 Å². The lowest BCUT2D eigenvalue weighted by Gasteiger charge is -2.35. The molecular weight excluding hydrogens is 290 g/mol. The van der Waals surface area contributed by atoms with Crippen molar-refractivity contribution in [2.24, 2.45) is 5.92 Å². The Hall–Kier alpha value is -1.66. The normalized spacial score (nSPS) is 17.7. The van der Waals surface area contributed by atoms with Gasteiger partial charge in [0.15, 0.2) is 0 Å². The van der Waals surface area contributed by atoms with Crippen LogP contribution in [0.2, 0.25) is 0 Å². The van der Waals surface area contributed by atoms with Gasteiger partial charge in [-0.25, -0.2) is 4.79 Å². The maximum absolute atomic E-state index is 11.8. The lowest BCUT2D eigenvalue weighted by molar-refractivity contribution is 0.124. The highest BCUT2D eigenvalue weighted by molar-refractivity contribution is 5.73. The Balaban J connectivity index is 1.58. The number of amides is 2. The molecule has 6 heteroatoms. The zero-order valence-corrected chi connectivity index (χ0v) is 14.3. The molecule has 1 fully saturated rings.